The van der Waals surface area contributed by atoms with Crippen LogP contribution in [0.2, 0.25) is 5.15 Å². The maximum atomic E-state index is 5.77. The van der Waals surface area contributed by atoms with Crippen LogP contribution in [0.4, 0.5) is 0 Å². The summed E-state index contributed by atoms with van der Waals surface area (Å²) in [6.45, 7) is 4.81. The van der Waals surface area contributed by atoms with Crippen molar-refractivity contribution in [3.8, 4) is 0 Å². The van der Waals surface area contributed by atoms with E-state index in [1.54, 1.807) is 0 Å². The van der Waals surface area contributed by atoms with Crippen LogP contribution in [0.25, 0.3) is 5.70 Å². The van der Waals surface area contributed by atoms with E-state index in [0.29, 0.717) is 5.15 Å². The molecule has 1 aromatic heterocycles. The molecule has 1 aromatic rings. The van der Waals surface area contributed by atoms with Crippen molar-refractivity contribution < 1.29 is 0 Å². The van der Waals surface area contributed by atoms with E-state index >= 15 is 0 Å². The van der Waals surface area contributed by atoms with Crippen molar-refractivity contribution in [3.05, 3.63) is 35.1 Å². The zero-order valence-electron chi connectivity index (χ0n) is 6.84. The maximum Gasteiger partial charge on any atom is 0.129 e. The van der Waals surface area contributed by atoms with Gasteiger partial charge in [0.25, 0.3) is 0 Å². The summed E-state index contributed by atoms with van der Waals surface area (Å²) >= 11 is 5.77. The molecule has 0 saturated heterocycles. The molecule has 0 bridgehead atoms. The lowest BCUT2D eigenvalue weighted by Gasteiger charge is -2.09. The van der Waals surface area contributed by atoms with Gasteiger partial charge in [0.15, 0.2) is 0 Å². The topological polar surface area (TPSA) is 16.1 Å². The first-order valence-electron chi connectivity index (χ1n) is 3.74. The molecule has 3 heteroatoms. The molecule has 0 radical (unpaired) electrons. The van der Waals surface area contributed by atoms with E-state index < -0.39 is 0 Å². The molecule has 0 aromatic carbocycles. The minimum atomic E-state index is 0.533. The monoisotopic (exact) mass is 180 g/mol. The van der Waals surface area contributed by atoms with Crippen molar-refractivity contribution >= 4 is 17.3 Å². The largest absolute Gasteiger partial charge is 0.369 e. The number of rotatable bonds is 0. The Labute approximate surface area is 76.5 Å². The molecule has 12 heavy (non-hydrogen) atoms. The van der Waals surface area contributed by atoms with Gasteiger partial charge in [0, 0.05) is 13.6 Å². The Morgan fingerprint density at radius 1 is 1.58 bits per heavy atom. The predicted molar refractivity (Wildman–Crippen MR) is 49.7 cm³/mol. The smallest absolute Gasteiger partial charge is 0.129 e. The Hall–Kier alpha value is -1.02. The number of fused-ring (bicyclic) bond motifs is 1. The summed E-state index contributed by atoms with van der Waals surface area (Å²) in [4.78, 5) is 6.27. The lowest BCUT2D eigenvalue weighted by Crippen LogP contribution is -2.06. The summed E-state index contributed by atoms with van der Waals surface area (Å²) in [6, 6.07) is 3.81. The van der Waals surface area contributed by atoms with Crippen molar-refractivity contribution in [2.75, 3.05) is 7.05 Å². The number of hydrogen-bond donors (Lipinski definition) is 0. The molecule has 2 rings (SSSR count). The van der Waals surface area contributed by atoms with Crippen LogP contribution in [0.3, 0.4) is 0 Å². The van der Waals surface area contributed by atoms with Crippen LogP contribution in [-0.4, -0.2) is 16.9 Å². The molecule has 0 fully saturated rings. The average molecular weight is 181 g/mol. The molecule has 1 aliphatic heterocycles. The van der Waals surface area contributed by atoms with Gasteiger partial charge in [0.2, 0.25) is 0 Å². The number of aromatic nitrogens is 1. The highest BCUT2D eigenvalue weighted by Crippen LogP contribution is 2.28. The third kappa shape index (κ3) is 0.994. The molecule has 0 atom stereocenters. The summed E-state index contributed by atoms with van der Waals surface area (Å²) in [5.74, 6) is 0. The van der Waals surface area contributed by atoms with Gasteiger partial charge in [0.1, 0.15) is 5.15 Å². The van der Waals surface area contributed by atoms with E-state index in [9.17, 15) is 0 Å². The van der Waals surface area contributed by atoms with Crippen LogP contribution in [-0.2, 0) is 6.54 Å². The lowest BCUT2D eigenvalue weighted by molar-refractivity contribution is 0.501. The zero-order valence-corrected chi connectivity index (χ0v) is 7.60. The average Bonchev–Trinajstić information content (AvgIpc) is 2.31. The Morgan fingerprint density at radius 3 is 3.08 bits per heavy atom. The maximum absolute atomic E-state index is 5.77. The number of pyridine rings is 1. The highest BCUT2D eigenvalue weighted by molar-refractivity contribution is 6.29. The Morgan fingerprint density at radius 2 is 2.33 bits per heavy atom. The minimum Gasteiger partial charge on any atom is -0.369 e. The van der Waals surface area contributed by atoms with Gasteiger partial charge in [-0.1, -0.05) is 24.2 Å². The van der Waals surface area contributed by atoms with E-state index in [0.717, 1.165) is 17.9 Å². The van der Waals surface area contributed by atoms with Gasteiger partial charge in [0.05, 0.1) is 11.4 Å². The molecule has 2 heterocycles. The quantitative estimate of drug-likeness (QED) is 0.569. The van der Waals surface area contributed by atoms with Gasteiger partial charge in [-0.3, -0.25) is 0 Å². The molecular weight excluding hydrogens is 172 g/mol. The van der Waals surface area contributed by atoms with Crippen LogP contribution in [0.5, 0.6) is 0 Å². The molecule has 2 nitrogen and oxygen atoms in total. The number of hydrogen-bond acceptors (Lipinski definition) is 2. The van der Waals surface area contributed by atoms with Crippen molar-refractivity contribution in [3.63, 3.8) is 0 Å². The van der Waals surface area contributed by atoms with Crippen LogP contribution in [0.15, 0.2) is 18.7 Å². The first kappa shape index (κ1) is 7.62. The molecule has 1 aliphatic rings. The fraction of sp³-hybridized carbons (Fsp3) is 0.222. The van der Waals surface area contributed by atoms with Crippen molar-refractivity contribution in [2.24, 2.45) is 0 Å². The lowest BCUT2D eigenvalue weighted by atomic mass is 10.2. The molecule has 0 N–H and O–H groups in total. The van der Waals surface area contributed by atoms with E-state index in [1.807, 2.05) is 19.2 Å². The summed E-state index contributed by atoms with van der Waals surface area (Å²) < 4.78 is 0. The van der Waals surface area contributed by atoms with Gasteiger partial charge in [-0.2, -0.15) is 0 Å². The minimum absolute atomic E-state index is 0.533. The van der Waals surface area contributed by atoms with Gasteiger partial charge in [-0.25, -0.2) is 4.98 Å². The molecular formula is C9H9ClN2. The van der Waals surface area contributed by atoms with Gasteiger partial charge in [-0.05, 0) is 11.6 Å². The predicted octanol–water partition coefficient (Wildman–Crippen LogP) is 2.15. The highest BCUT2D eigenvalue weighted by atomic mass is 35.5. The summed E-state index contributed by atoms with van der Waals surface area (Å²) in [7, 11) is 2.00. The molecule has 0 aliphatic carbocycles. The second-order valence-electron chi connectivity index (χ2n) is 2.94. The summed E-state index contributed by atoms with van der Waals surface area (Å²) in [6.07, 6.45) is 0. The fourth-order valence-corrected chi connectivity index (χ4v) is 1.52. The second-order valence-corrected chi connectivity index (χ2v) is 3.33. The molecule has 0 unspecified atom stereocenters. The normalized spacial score (nSPS) is 15.2. The SMILES string of the molecule is C=C1c2nc(Cl)ccc2CN1C. The third-order valence-electron chi connectivity index (χ3n) is 2.09. The Bertz CT molecular complexity index is 346. The summed E-state index contributed by atoms with van der Waals surface area (Å²) in [5.41, 5.74) is 3.09. The van der Waals surface area contributed by atoms with Crippen LogP contribution < -0.4 is 0 Å². The third-order valence-corrected chi connectivity index (χ3v) is 2.30. The van der Waals surface area contributed by atoms with Crippen LogP contribution in [0.1, 0.15) is 11.3 Å². The van der Waals surface area contributed by atoms with Crippen LogP contribution in [0, 0.1) is 0 Å². The van der Waals surface area contributed by atoms with Gasteiger partial charge < -0.3 is 4.90 Å². The van der Waals surface area contributed by atoms with E-state index in [-0.39, 0.29) is 0 Å². The van der Waals surface area contributed by atoms with E-state index in [4.69, 9.17) is 11.6 Å². The van der Waals surface area contributed by atoms with Crippen molar-refractivity contribution in [1.29, 1.82) is 0 Å². The van der Waals surface area contributed by atoms with E-state index in [2.05, 4.69) is 16.5 Å². The number of halogens is 1. The summed E-state index contributed by atoms with van der Waals surface area (Å²) in [5, 5.41) is 0.533. The highest BCUT2D eigenvalue weighted by Gasteiger charge is 2.20. The first-order valence-corrected chi connectivity index (χ1v) is 4.12. The molecule has 0 saturated carbocycles. The Balaban J connectivity index is 2.56. The standard InChI is InChI=1S/C9H9ClN2/c1-6-9-7(5-12(6)2)3-4-8(10)11-9/h3-4H,1,5H2,2H3. The first-order chi connectivity index (χ1) is 5.68. The van der Waals surface area contributed by atoms with Crippen molar-refractivity contribution in [2.45, 2.75) is 6.54 Å². The Kier molecular flexibility index (Phi) is 1.58. The zero-order chi connectivity index (χ0) is 8.72. The molecule has 0 spiro atoms. The molecule has 0 amide bonds. The van der Waals surface area contributed by atoms with Crippen LogP contribution >= 0.6 is 11.6 Å². The number of nitrogens with zero attached hydrogens (tertiary/aromatic N) is 2. The molecule has 62 valence electrons. The fourth-order valence-electron chi connectivity index (χ4n) is 1.37. The van der Waals surface area contributed by atoms with E-state index in [1.165, 1.54) is 5.56 Å². The second kappa shape index (κ2) is 2.49. The van der Waals surface area contributed by atoms with Gasteiger partial charge >= 0.3 is 0 Å². The van der Waals surface area contributed by atoms with Gasteiger partial charge in [-0.15, -0.1) is 0 Å². The van der Waals surface area contributed by atoms with Crippen molar-refractivity contribution in [1.82, 2.24) is 9.88 Å².